The molecule has 240 valence electrons. The van der Waals surface area contributed by atoms with E-state index in [0.717, 1.165) is 51.1 Å². The molecule has 49 heavy (non-hydrogen) atoms. The molecule has 0 spiro atoms. The van der Waals surface area contributed by atoms with Gasteiger partial charge in [-0.2, -0.15) is 5.26 Å². The number of fused-ring (bicyclic) bond motifs is 2. The zero-order valence-corrected chi connectivity index (χ0v) is 28.2. The Morgan fingerprint density at radius 3 is 1.65 bits per heavy atom. The molecule has 1 unspecified atom stereocenters. The first-order chi connectivity index (χ1) is 23.9. The van der Waals surface area contributed by atoms with E-state index >= 15 is 0 Å². The van der Waals surface area contributed by atoms with Crippen LogP contribution in [0.1, 0.15) is 57.1 Å². The zero-order valence-electron chi connectivity index (χ0n) is 28.2. The summed E-state index contributed by atoms with van der Waals surface area (Å²) in [5.74, 6) is 4.19. The minimum Gasteiger partial charge on any atom is -0.208 e. The van der Waals surface area contributed by atoms with Crippen molar-refractivity contribution in [2.75, 3.05) is 0 Å². The molecule has 8 rings (SSSR count). The van der Waals surface area contributed by atoms with Gasteiger partial charge in [-0.15, -0.1) is 0 Å². The Kier molecular flexibility index (Phi) is 8.14. The van der Waals surface area contributed by atoms with Gasteiger partial charge >= 0.3 is 0 Å². The van der Waals surface area contributed by atoms with Gasteiger partial charge in [0.25, 0.3) is 0 Å². The van der Waals surface area contributed by atoms with Crippen LogP contribution in [0.15, 0.2) is 127 Å². The summed E-state index contributed by atoms with van der Waals surface area (Å²) in [5, 5.41) is 9.59. The van der Waals surface area contributed by atoms with Crippen LogP contribution in [0.5, 0.6) is 0 Å². The smallest absolute Gasteiger partial charge is 0.164 e. The minimum absolute atomic E-state index is 0.320. The van der Waals surface area contributed by atoms with Gasteiger partial charge in [-0.05, 0) is 101 Å². The first-order valence-electron chi connectivity index (χ1n) is 17.6. The van der Waals surface area contributed by atoms with Crippen molar-refractivity contribution < 1.29 is 0 Å². The molecule has 2 aliphatic rings. The lowest BCUT2D eigenvalue weighted by Gasteiger charge is -2.50. The van der Waals surface area contributed by atoms with Crippen molar-refractivity contribution in [3.8, 4) is 62.5 Å². The van der Waals surface area contributed by atoms with E-state index in [9.17, 15) is 5.26 Å². The van der Waals surface area contributed by atoms with Gasteiger partial charge in [0.05, 0.1) is 11.6 Å². The van der Waals surface area contributed by atoms with Crippen molar-refractivity contribution in [1.29, 1.82) is 5.26 Å². The molecule has 4 atom stereocenters. The second kappa shape index (κ2) is 12.9. The van der Waals surface area contributed by atoms with Crippen LogP contribution in [0.4, 0.5) is 0 Å². The van der Waals surface area contributed by atoms with E-state index in [1.165, 1.54) is 43.2 Å². The lowest BCUT2D eigenvalue weighted by Crippen LogP contribution is -2.42. The summed E-state index contributed by atoms with van der Waals surface area (Å²) < 4.78 is 0. The van der Waals surface area contributed by atoms with Crippen LogP contribution >= 0.6 is 0 Å². The highest BCUT2D eigenvalue weighted by atomic mass is 15.0. The van der Waals surface area contributed by atoms with Crippen LogP contribution in [-0.2, 0) is 5.41 Å². The predicted octanol–water partition coefficient (Wildman–Crippen LogP) is 11.2. The second-order valence-electron chi connectivity index (χ2n) is 14.5. The molecule has 6 aromatic rings. The maximum Gasteiger partial charge on any atom is 0.164 e. The Labute approximate surface area is 289 Å². The molecule has 2 saturated carbocycles. The molecule has 0 saturated heterocycles. The standard InChI is InChI=1S/C45H40N4/c1-30-22-33-23-31(2)27-45(26-30,28-33)41-20-18-36(19-21-41)38-11-7-13-40(25-38)44-48-42(47-43(49-44)39-12-6-8-32(24-39)29-46)37-16-14-35(15-17-37)34-9-4-3-5-10-34/h3-21,24-25,30-31,33H,22-23,26-28H2,1-2H3/t30-,31+,33-,45?. The lowest BCUT2D eigenvalue weighted by atomic mass is 9.54. The Bertz CT molecular complexity index is 2130. The van der Waals surface area contributed by atoms with E-state index in [1.54, 1.807) is 6.07 Å². The van der Waals surface area contributed by atoms with Crippen molar-refractivity contribution in [3.63, 3.8) is 0 Å². The molecule has 1 heterocycles. The number of nitriles is 1. The molecule has 0 N–H and O–H groups in total. The van der Waals surface area contributed by atoms with E-state index in [2.05, 4.69) is 105 Å². The van der Waals surface area contributed by atoms with Crippen LogP contribution in [-0.4, -0.2) is 15.0 Å². The van der Waals surface area contributed by atoms with Crippen LogP contribution in [0.2, 0.25) is 0 Å². The zero-order chi connectivity index (χ0) is 33.4. The van der Waals surface area contributed by atoms with Gasteiger partial charge in [-0.1, -0.05) is 123 Å². The van der Waals surface area contributed by atoms with E-state index in [1.807, 2.05) is 36.4 Å². The number of aromatic nitrogens is 3. The number of rotatable bonds is 6. The monoisotopic (exact) mass is 636 g/mol. The molecule has 0 aliphatic heterocycles. The summed E-state index contributed by atoms with van der Waals surface area (Å²) >= 11 is 0. The normalized spacial score (nSPS) is 21.5. The maximum atomic E-state index is 9.59. The SMILES string of the molecule is C[C@@H]1C[C@@H]2C[C@H](C)CC(c3ccc(-c4cccc(-c5nc(-c6ccc(-c7ccccc7)cc6)nc(-c6cccc(C#N)c6)n5)c4)cc3)(C1)C2. The van der Waals surface area contributed by atoms with Crippen LogP contribution in [0.3, 0.4) is 0 Å². The summed E-state index contributed by atoms with van der Waals surface area (Å²) in [7, 11) is 0. The molecular weight excluding hydrogens is 597 g/mol. The molecule has 2 fully saturated rings. The van der Waals surface area contributed by atoms with Gasteiger partial charge in [-0.3, -0.25) is 0 Å². The van der Waals surface area contributed by atoms with Crippen LogP contribution in [0, 0.1) is 29.1 Å². The molecular formula is C45H40N4. The summed E-state index contributed by atoms with van der Waals surface area (Å²) in [6.45, 7) is 4.91. The van der Waals surface area contributed by atoms with Crippen molar-refractivity contribution >= 4 is 0 Å². The number of hydrogen-bond donors (Lipinski definition) is 0. The summed E-state index contributed by atoms with van der Waals surface area (Å²) in [5.41, 5.74) is 9.64. The minimum atomic E-state index is 0.320. The molecule has 1 aromatic heterocycles. The van der Waals surface area contributed by atoms with Crippen LogP contribution in [0.25, 0.3) is 56.4 Å². The number of benzene rings is 5. The second-order valence-corrected chi connectivity index (χ2v) is 14.5. The first kappa shape index (κ1) is 30.9. The van der Waals surface area contributed by atoms with E-state index in [-0.39, 0.29) is 0 Å². The fourth-order valence-corrected chi connectivity index (χ4v) is 8.85. The third-order valence-electron chi connectivity index (χ3n) is 10.7. The summed E-state index contributed by atoms with van der Waals surface area (Å²) in [6, 6.07) is 46.3. The van der Waals surface area contributed by atoms with Gasteiger partial charge in [0.1, 0.15) is 0 Å². The van der Waals surface area contributed by atoms with Crippen molar-refractivity contribution in [3.05, 3.63) is 139 Å². The Morgan fingerprint density at radius 2 is 1.00 bits per heavy atom. The Balaban J connectivity index is 1.15. The first-order valence-corrected chi connectivity index (χ1v) is 17.6. The Morgan fingerprint density at radius 1 is 0.510 bits per heavy atom. The van der Waals surface area contributed by atoms with Gasteiger partial charge in [-0.25, -0.2) is 15.0 Å². The van der Waals surface area contributed by atoms with Gasteiger partial charge < -0.3 is 0 Å². The lowest BCUT2D eigenvalue weighted by molar-refractivity contribution is 0.0780. The number of nitrogens with zero attached hydrogens (tertiary/aromatic N) is 4. The molecule has 2 bridgehead atoms. The van der Waals surface area contributed by atoms with Gasteiger partial charge in [0, 0.05) is 16.7 Å². The van der Waals surface area contributed by atoms with Gasteiger partial charge in [0.2, 0.25) is 0 Å². The average Bonchev–Trinajstić information content (AvgIpc) is 3.14. The fraction of sp³-hybridized carbons (Fsp3) is 0.244. The third kappa shape index (κ3) is 6.30. The molecule has 0 radical (unpaired) electrons. The van der Waals surface area contributed by atoms with E-state index in [0.29, 0.717) is 28.5 Å². The number of hydrogen-bond acceptors (Lipinski definition) is 4. The van der Waals surface area contributed by atoms with E-state index in [4.69, 9.17) is 15.0 Å². The third-order valence-corrected chi connectivity index (χ3v) is 10.7. The largest absolute Gasteiger partial charge is 0.208 e. The predicted molar refractivity (Wildman–Crippen MR) is 198 cm³/mol. The summed E-state index contributed by atoms with van der Waals surface area (Å²) in [4.78, 5) is 14.9. The molecule has 2 aliphatic carbocycles. The fourth-order valence-electron chi connectivity index (χ4n) is 8.85. The molecule has 4 nitrogen and oxygen atoms in total. The highest BCUT2D eigenvalue weighted by molar-refractivity contribution is 5.74. The van der Waals surface area contributed by atoms with Gasteiger partial charge in [0.15, 0.2) is 17.5 Å². The van der Waals surface area contributed by atoms with E-state index < -0.39 is 0 Å². The van der Waals surface area contributed by atoms with Crippen LogP contribution < -0.4 is 0 Å². The quantitative estimate of drug-likeness (QED) is 0.182. The highest BCUT2D eigenvalue weighted by Crippen LogP contribution is 2.54. The average molecular weight is 637 g/mol. The maximum absolute atomic E-state index is 9.59. The topological polar surface area (TPSA) is 62.5 Å². The Hall–Kier alpha value is -5.40. The highest BCUT2D eigenvalue weighted by Gasteiger charge is 2.45. The molecule has 4 heteroatoms. The van der Waals surface area contributed by atoms with Crippen molar-refractivity contribution in [1.82, 2.24) is 15.0 Å². The molecule has 0 amide bonds. The summed E-state index contributed by atoms with van der Waals surface area (Å²) in [6.07, 6.45) is 6.73. The van der Waals surface area contributed by atoms with Crippen molar-refractivity contribution in [2.45, 2.75) is 51.4 Å². The van der Waals surface area contributed by atoms with Crippen molar-refractivity contribution in [2.24, 2.45) is 17.8 Å². The molecule has 5 aromatic carbocycles.